The zero-order valence-electron chi connectivity index (χ0n) is 9.71. The van der Waals surface area contributed by atoms with Crippen LogP contribution in [0.3, 0.4) is 0 Å². The summed E-state index contributed by atoms with van der Waals surface area (Å²) in [5.74, 6) is 0.158. The van der Waals surface area contributed by atoms with Crippen molar-refractivity contribution >= 4 is 5.91 Å². The number of amides is 1. The molecular formula is C11H22N2O2. The van der Waals surface area contributed by atoms with Crippen molar-refractivity contribution in [1.29, 1.82) is 0 Å². The highest BCUT2D eigenvalue weighted by Gasteiger charge is 2.19. The van der Waals surface area contributed by atoms with Crippen LogP contribution in [0.25, 0.3) is 0 Å². The third-order valence-electron chi connectivity index (χ3n) is 2.74. The maximum absolute atomic E-state index is 11.5. The van der Waals surface area contributed by atoms with Crippen molar-refractivity contribution in [3.8, 4) is 0 Å². The van der Waals surface area contributed by atoms with E-state index in [1.54, 1.807) is 7.11 Å². The van der Waals surface area contributed by atoms with Crippen LogP contribution in [0.4, 0.5) is 0 Å². The second-order valence-corrected chi connectivity index (χ2v) is 4.24. The number of hydrogen-bond donors (Lipinski definition) is 2. The first kappa shape index (κ1) is 12.5. The van der Waals surface area contributed by atoms with Crippen molar-refractivity contribution in [1.82, 2.24) is 10.6 Å². The molecule has 0 bridgehead atoms. The molecule has 0 aromatic heterocycles. The Balaban J connectivity index is 2.13. The van der Waals surface area contributed by atoms with E-state index in [1.165, 1.54) is 0 Å². The molecule has 0 aromatic carbocycles. The molecule has 0 radical (unpaired) electrons. The smallest absolute Gasteiger partial charge is 0.220 e. The summed E-state index contributed by atoms with van der Waals surface area (Å²) in [6, 6.07) is 0.874. The molecule has 0 saturated carbocycles. The summed E-state index contributed by atoms with van der Waals surface area (Å²) in [6.45, 7) is 3.82. The van der Waals surface area contributed by atoms with Crippen molar-refractivity contribution in [2.45, 2.75) is 44.7 Å². The van der Waals surface area contributed by atoms with E-state index in [4.69, 9.17) is 4.74 Å². The first-order valence-electron chi connectivity index (χ1n) is 5.74. The molecule has 0 aliphatic carbocycles. The first-order chi connectivity index (χ1) is 7.22. The summed E-state index contributed by atoms with van der Waals surface area (Å²) in [6.07, 6.45) is 3.46. The van der Waals surface area contributed by atoms with Gasteiger partial charge in [-0.25, -0.2) is 0 Å². The van der Waals surface area contributed by atoms with Gasteiger partial charge < -0.3 is 15.4 Å². The Morgan fingerprint density at radius 2 is 2.40 bits per heavy atom. The monoisotopic (exact) mass is 214 g/mol. The van der Waals surface area contributed by atoms with E-state index in [0.29, 0.717) is 25.1 Å². The maximum atomic E-state index is 11.5. The molecule has 1 heterocycles. The van der Waals surface area contributed by atoms with E-state index in [9.17, 15) is 4.79 Å². The number of hydrogen-bond acceptors (Lipinski definition) is 3. The Morgan fingerprint density at radius 1 is 1.60 bits per heavy atom. The molecule has 15 heavy (non-hydrogen) atoms. The third-order valence-corrected chi connectivity index (χ3v) is 2.74. The Bertz CT molecular complexity index is 197. The highest BCUT2D eigenvalue weighted by atomic mass is 16.5. The third kappa shape index (κ3) is 5.14. The molecule has 1 rings (SSSR count). The van der Waals surface area contributed by atoms with Gasteiger partial charge in [-0.1, -0.05) is 0 Å². The zero-order chi connectivity index (χ0) is 11.1. The van der Waals surface area contributed by atoms with Gasteiger partial charge in [-0.2, -0.15) is 0 Å². The van der Waals surface area contributed by atoms with Crippen molar-refractivity contribution in [2.75, 3.05) is 20.3 Å². The lowest BCUT2D eigenvalue weighted by Gasteiger charge is -2.28. The highest BCUT2D eigenvalue weighted by molar-refractivity contribution is 5.76. The van der Waals surface area contributed by atoms with Crippen LogP contribution >= 0.6 is 0 Å². The van der Waals surface area contributed by atoms with Gasteiger partial charge in [0.05, 0.1) is 0 Å². The number of carbonyl (C=O) groups excluding carboxylic acids is 1. The van der Waals surface area contributed by atoms with Gasteiger partial charge in [-0.15, -0.1) is 0 Å². The average Bonchev–Trinajstić information content (AvgIpc) is 2.18. The largest absolute Gasteiger partial charge is 0.385 e. The Hall–Kier alpha value is -0.610. The molecule has 2 N–H and O–H groups in total. The van der Waals surface area contributed by atoms with Crippen LogP contribution in [0.5, 0.6) is 0 Å². The molecule has 1 amide bonds. The van der Waals surface area contributed by atoms with Gasteiger partial charge in [0.25, 0.3) is 0 Å². The Kier molecular flexibility index (Phi) is 5.65. The maximum Gasteiger partial charge on any atom is 0.220 e. The van der Waals surface area contributed by atoms with Gasteiger partial charge in [0.2, 0.25) is 5.91 Å². The predicted octanol–water partition coefficient (Wildman–Crippen LogP) is 0.670. The van der Waals surface area contributed by atoms with Gasteiger partial charge in [-0.05, 0) is 32.7 Å². The molecule has 0 spiro atoms. The molecule has 4 heteroatoms. The number of ether oxygens (including phenoxy) is 1. The van der Waals surface area contributed by atoms with Crippen LogP contribution < -0.4 is 10.6 Å². The van der Waals surface area contributed by atoms with Crippen molar-refractivity contribution < 1.29 is 9.53 Å². The standard InChI is InChI=1S/C11H22N2O2/c1-9-8-10(5-6-12-9)13-11(14)4-3-7-15-2/h9-10,12H,3-8H2,1-2H3,(H,13,14). The minimum absolute atomic E-state index is 0.158. The van der Waals surface area contributed by atoms with E-state index < -0.39 is 0 Å². The fourth-order valence-electron chi connectivity index (χ4n) is 1.94. The average molecular weight is 214 g/mol. The molecule has 88 valence electrons. The fraction of sp³-hybridized carbons (Fsp3) is 0.909. The molecular weight excluding hydrogens is 192 g/mol. The van der Waals surface area contributed by atoms with Crippen LogP contribution in [0, 0.1) is 0 Å². The SMILES string of the molecule is COCCCC(=O)NC1CCNC(C)C1. The summed E-state index contributed by atoms with van der Waals surface area (Å²) in [5.41, 5.74) is 0. The number of piperidine rings is 1. The normalized spacial score (nSPS) is 26.3. The van der Waals surface area contributed by atoms with Crippen molar-refractivity contribution in [3.63, 3.8) is 0 Å². The van der Waals surface area contributed by atoms with E-state index in [1.807, 2.05) is 0 Å². The molecule has 1 saturated heterocycles. The first-order valence-corrected chi connectivity index (χ1v) is 5.74. The number of carbonyl (C=O) groups is 1. The van der Waals surface area contributed by atoms with E-state index in [2.05, 4.69) is 17.6 Å². The van der Waals surface area contributed by atoms with Crippen LogP contribution in [0.1, 0.15) is 32.6 Å². The van der Waals surface area contributed by atoms with Crippen LogP contribution in [0.2, 0.25) is 0 Å². The summed E-state index contributed by atoms with van der Waals surface area (Å²) in [4.78, 5) is 11.5. The van der Waals surface area contributed by atoms with E-state index in [-0.39, 0.29) is 5.91 Å². The topological polar surface area (TPSA) is 50.4 Å². The molecule has 2 unspecified atom stereocenters. The summed E-state index contributed by atoms with van der Waals surface area (Å²) < 4.78 is 4.91. The molecule has 1 aliphatic heterocycles. The van der Waals surface area contributed by atoms with Crippen LogP contribution in [-0.2, 0) is 9.53 Å². The predicted molar refractivity (Wildman–Crippen MR) is 59.7 cm³/mol. The van der Waals surface area contributed by atoms with E-state index in [0.717, 1.165) is 25.8 Å². The lowest BCUT2D eigenvalue weighted by atomic mass is 10.0. The molecule has 0 aromatic rings. The second kappa shape index (κ2) is 6.80. The number of rotatable bonds is 5. The molecule has 1 fully saturated rings. The number of nitrogens with one attached hydrogen (secondary N) is 2. The molecule has 2 atom stereocenters. The van der Waals surface area contributed by atoms with Crippen LogP contribution in [-0.4, -0.2) is 38.3 Å². The lowest BCUT2D eigenvalue weighted by molar-refractivity contribution is -0.122. The number of methoxy groups -OCH3 is 1. The summed E-state index contributed by atoms with van der Waals surface area (Å²) >= 11 is 0. The van der Waals surface area contributed by atoms with Crippen molar-refractivity contribution in [3.05, 3.63) is 0 Å². The fourth-order valence-corrected chi connectivity index (χ4v) is 1.94. The van der Waals surface area contributed by atoms with E-state index >= 15 is 0 Å². The zero-order valence-corrected chi connectivity index (χ0v) is 9.71. The Labute approximate surface area is 91.8 Å². The second-order valence-electron chi connectivity index (χ2n) is 4.24. The molecule has 1 aliphatic rings. The summed E-state index contributed by atoms with van der Waals surface area (Å²) in [5, 5.41) is 6.44. The van der Waals surface area contributed by atoms with Gasteiger partial charge in [0.1, 0.15) is 0 Å². The highest BCUT2D eigenvalue weighted by Crippen LogP contribution is 2.08. The van der Waals surface area contributed by atoms with Gasteiger partial charge in [0, 0.05) is 32.2 Å². The minimum Gasteiger partial charge on any atom is -0.385 e. The van der Waals surface area contributed by atoms with Crippen LogP contribution in [0.15, 0.2) is 0 Å². The van der Waals surface area contributed by atoms with Gasteiger partial charge in [0.15, 0.2) is 0 Å². The lowest BCUT2D eigenvalue weighted by Crippen LogP contribution is -2.46. The van der Waals surface area contributed by atoms with Crippen molar-refractivity contribution in [2.24, 2.45) is 0 Å². The Morgan fingerprint density at radius 3 is 3.07 bits per heavy atom. The van der Waals surface area contributed by atoms with Gasteiger partial charge >= 0.3 is 0 Å². The quantitative estimate of drug-likeness (QED) is 0.661. The minimum atomic E-state index is 0.158. The molecule has 4 nitrogen and oxygen atoms in total. The van der Waals surface area contributed by atoms with Gasteiger partial charge in [-0.3, -0.25) is 4.79 Å². The summed E-state index contributed by atoms with van der Waals surface area (Å²) in [7, 11) is 1.66.